The lowest BCUT2D eigenvalue weighted by atomic mass is 9.79. The molecule has 0 aromatic rings. The molecule has 3 unspecified atom stereocenters. The lowest BCUT2D eigenvalue weighted by Gasteiger charge is -2.42. The molecule has 0 aliphatic heterocycles. The Bertz CT molecular complexity index is 214. The van der Waals surface area contributed by atoms with Crippen LogP contribution in [0.25, 0.3) is 0 Å². The van der Waals surface area contributed by atoms with Crippen molar-refractivity contribution >= 4 is 0 Å². The minimum atomic E-state index is 0.0355. The van der Waals surface area contributed by atoms with Crippen molar-refractivity contribution in [2.75, 3.05) is 20.3 Å². The number of nitrogens with two attached hydrogens (primary N) is 1. The number of rotatable bonds is 7. The Labute approximate surface area is 105 Å². The van der Waals surface area contributed by atoms with Crippen LogP contribution >= 0.6 is 0 Å². The molecule has 0 bridgehead atoms. The zero-order valence-electron chi connectivity index (χ0n) is 11.2. The first-order valence-corrected chi connectivity index (χ1v) is 6.77. The van der Waals surface area contributed by atoms with Crippen molar-refractivity contribution in [1.82, 2.24) is 5.32 Å². The topological polar surface area (TPSA) is 67.5 Å². The lowest BCUT2D eigenvalue weighted by Crippen LogP contribution is -2.57. The molecule has 0 spiro atoms. The van der Waals surface area contributed by atoms with Crippen molar-refractivity contribution in [2.24, 2.45) is 5.73 Å². The van der Waals surface area contributed by atoms with E-state index in [1.54, 1.807) is 7.11 Å². The van der Waals surface area contributed by atoms with Crippen LogP contribution in [0.1, 0.15) is 45.4 Å². The largest absolute Gasteiger partial charge is 0.396 e. The predicted molar refractivity (Wildman–Crippen MR) is 70.0 cm³/mol. The Kier molecular flexibility index (Phi) is 6.41. The van der Waals surface area contributed by atoms with E-state index in [0.29, 0.717) is 18.7 Å². The number of hydrogen-bond acceptors (Lipinski definition) is 4. The smallest absolute Gasteiger partial charge is 0.0589 e. The summed E-state index contributed by atoms with van der Waals surface area (Å²) in [5.41, 5.74) is 6.00. The van der Waals surface area contributed by atoms with Gasteiger partial charge in [0.15, 0.2) is 0 Å². The van der Waals surface area contributed by atoms with Crippen molar-refractivity contribution in [3.8, 4) is 0 Å². The first-order valence-electron chi connectivity index (χ1n) is 6.77. The molecular formula is C13H28N2O2. The van der Waals surface area contributed by atoms with Gasteiger partial charge in [0, 0.05) is 31.8 Å². The third-order valence-corrected chi connectivity index (χ3v) is 3.87. The van der Waals surface area contributed by atoms with Gasteiger partial charge in [-0.2, -0.15) is 0 Å². The van der Waals surface area contributed by atoms with E-state index in [9.17, 15) is 0 Å². The standard InChI is InChI=1S/C13H28N2O2/c1-11(5-4-8-16)15-13(10-14)7-3-6-12(9-13)17-2/h11-12,15-16H,3-10,14H2,1-2H3. The maximum atomic E-state index is 8.85. The molecule has 1 fully saturated rings. The highest BCUT2D eigenvalue weighted by Crippen LogP contribution is 2.30. The molecule has 1 rings (SSSR count). The van der Waals surface area contributed by atoms with E-state index in [0.717, 1.165) is 32.1 Å². The van der Waals surface area contributed by atoms with Crippen molar-refractivity contribution < 1.29 is 9.84 Å². The van der Waals surface area contributed by atoms with Crippen molar-refractivity contribution in [2.45, 2.75) is 63.1 Å². The van der Waals surface area contributed by atoms with Crippen molar-refractivity contribution in [3.05, 3.63) is 0 Å². The molecule has 0 amide bonds. The van der Waals surface area contributed by atoms with Gasteiger partial charge < -0.3 is 20.9 Å². The van der Waals surface area contributed by atoms with Crippen LogP contribution in [0.15, 0.2) is 0 Å². The van der Waals surface area contributed by atoms with E-state index in [4.69, 9.17) is 15.6 Å². The quantitative estimate of drug-likeness (QED) is 0.625. The molecule has 4 N–H and O–H groups in total. The van der Waals surface area contributed by atoms with E-state index in [2.05, 4.69) is 12.2 Å². The van der Waals surface area contributed by atoms with E-state index in [1.165, 1.54) is 6.42 Å². The summed E-state index contributed by atoms with van der Waals surface area (Å²) in [5, 5.41) is 12.5. The minimum Gasteiger partial charge on any atom is -0.396 e. The number of methoxy groups -OCH3 is 1. The molecule has 1 saturated carbocycles. The monoisotopic (exact) mass is 244 g/mol. The van der Waals surface area contributed by atoms with Gasteiger partial charge in [-0.3, -0.25) is 0 Å². The number of aliphatic hydroxyl groups is 1. The summed E-state index contributed by atoms with van der Waals surface area (Å²) in [4.78, 5) is 0. The van der Waals surface area contributed by atoms with Crippen LogP contribution < -0.4 is 11.1 Å². The number of hydrogen-bond donors (Lipinski definition) is 3. The molecule has 0 radical (unpaired) electrons. The van der Waals surface area contributed by atoms with E-state index in [-0.39, 0.29) is 12.1 Å². The first-order chi connectivity index (χ1) is 8.15. The number of nitrogens with one attached hydrogen (secondary N) is 1. The maximum absolute atomic E-state index is 8.85. The predicted octanol–water partition coefficient (Wildman–Crippen LogP) is 1.02. The Hall–Kier alpha value is -0.160. The molecule has 4 nitrogen and oxygen atoms in total. The van der Waals surface area contributed by atoms with Gasteiger partial charge in [-0.25, -0.2) is 0 Å². The molecule has 0 aromatic heterocycles. The van der Waals surface area contributed by atoms with Gasteiger partial charge in [0.25, 0.3) is 0 Å². The van der Waals surface area contributed by atoms with Gasteiger partial charge >= 0.3 is 0 Å². The highest BCUT2D eigenvalue weighted by atomic mass is 16.5. The second kappa shape index (κ2) is 7.31. The molecule has 1 aliphatic carbocycles. The fourth-order valence-corrected chi connectivity index (χ4v) is 2.88. The maximum Gasteiger partial charge on any atom is 0.0589 e. The molecule has 17 heavy (non-hydrogen) atoms. The van der Waals surface area contributed by atoms with E-state index in [1.807, 2.05) is 0 Å². The van der Waals surface area contributed by atoms with Crippen molar-refractivity contribution in [3.63, 3.8) is 0 Å². The van der Waals surface area contributed by atoms with Crippen LogP contribution in [0.2, 0.25) is 0 Å². The highest BCUT2D eigenvalue weighted by molar-refractivity contribution is 4.96. The summed E-state index contributed by atoms with van der Waals surface area (Å²) in [5.74, 6) is 0. The second-order valence-electron chi connectivity index (χ2n) is 5.35. The van der Waals surface area contributed by atoms with E-state index >= 15 is 0 Å². The summed E-state index contributed by atoms with van der Waals surface area (Å²) in [6.07, 6.45) is 6.64. The third kappa shape index (κ3) is 4.54. The summed E-state index contributed by atoms with van der Waals surface area (Å²) in [6, 6.07) is 0.404. The van der Waals surface area contributed by atoms with Crippen LogP contribution in [0.5, 0.6) is 0 Å². The molecule has 3 atom stereocenters. The summed E-state index contributed by atoms with van der Waals surface area (Å²) < 4.78 is 5.48. The molecule has 0 heterocycles. The molecule has 102 valence electrons. The van der Waals surface area contributed by atoms with E-state index < -0.39 is 0 Å². The molecule has 0 saturated heterocycles. The molecule has 4 heteroatoms. The van der Waals surface area contributed by atoms with Crippen LogP contribution in [-0.4, -0.2) is 43.1 Å². The normalized spacial score (nSPS) is 31.4. The average Bonchev–Trinajstić information content (AvgIpc) is 2.36. The number of aliphatic hydroxyl groups excluding tert-OH is 1. The molecular weight excluding hydrogens is 216 g/mol. The van der Waals surface area contributed by atoms with Crippen molar-refractivity contribution in [1.29, 1.82) is 0 Å². The van der Waals surface area contributed by atoms with Crippen LogP contribution in [0.3, 0.4) is 0 Å². The van der Waals surface area contributed by atoms with Gasteiger partial charge in [-0.05, 0) is 45.4 Å². The zero-order valence-corrected chi connectivity index (χ0v) is 11.2. The fourth-order valence-electron chi connectivity index (χ4n) is 2.88. The minimum absolute atomic E-state index is 0.0355. The highest BCUT2D eigenvalue weighted by Gasteiger charge is 2.35. The van der Waals surface area contributed by atoms with Gasteiger partial charge in [-0.15, -0.1) is 0 Å². The number of ether oxygens (including phenoxy) is 1. The average molecular weight is 244 g/mol. The Morgan fingerprint density at radius 3 is 2.94 bits per heavy atom. The molecule has 1 aliphatic rings. The summed E-state index contributed by atoms with van der Waals surface area (Å²) in [7, 11) is 1.78. The van der Waals surface area contributed by atoms with Gasteiger partial charge in [0.1, 0.15) is 0 Å². The zero-order chi connectivity index (χ0) is 12.7. The Morgan fingerprint density at radius 1 is 1.59 bits per heavy atom. The SMILES string of the molecule is COC1CCCC(CN)(NC(C)CCCO)C1. The van der Waals surface area contributed by atoms with Crippen LogP contribution in [0, 0.1) is 0 Å². The molecule has 0 aromatic carbocycles. The van der Waals surface area contributed by atoms with Crippen LogP contribution in [0.4, 0.5) is 0 Å². The second-order valence-corrected chi connectivity index (χ2v) is 5.35. The Morgan fingerprint density at radius 2 is 2.35 bits per heavy atom. The Balaban J connectivity index is 2.49. The summed E-state index contributed by atoms with van der Waals surface area (Å²) >= 11 is 0. The van der Waals surface area contributed by atoms with Gasteiger partial charge in [-0.1, -0.05) is 0 Å². The van der Waals surface area contributed by atoms with Gasteiger partial charge in [0.2, 0.25) is 0 Å². The van der Waals surface area contributed by atoms with Gasteiger partial charge in [0.05, 0.1) is 6.10 Å². The lowest BCUT2D eigenvalue weighted by molar-refractivity contribution is 0.0293. The third-order valence-electron chi connectivity index (χ3n) is 3.87. The fraction of sp³-hybridized carbons (Fsp3) is 1.00. The summed E-state index contributed by atoms with van der Waals surface area (Å²) in [6.45, 7) is 3.10. The van der Waals surface area contributed by atoms with Crippen LogP contribution in [-0.2, 0) is 4.74 Å². The first kappa shape index (κ1) is 14.9.